The largest absolute Gasteiger partial charge is 0.371 e. The molecule has 7 heteroatoms. The Balaban J connectivity index is 1.54. The molecule has 0 unspecified atom stereocenters. The molecule has 2 aromatic carbocycles. The number of halogens is 3. The third-order valence-electron chi connectivity index (χ3n) is 4.20. The predicted octanol–water partition coefficient (Wildman–Crippen LogP) is 2.86. The van der Waals surface area contributed by atoms with Crippen LogP contribution in [0.2, 0.25) is 0 Å². The summed E-state index contributed by atoms with van der Waals surface area (Å²) < 4.78 is 40.9. The SMILES string of the molecule is O=C(CNc1c(F)cccc1F)N1CCN(c2ccccc2F)CC1. The number of carbonyl (C=O) groups is 1. The summed E-state index contributed by atoms with van der Waals surface area (Å²) in [7, 11) is 0. The average molecular weight is 349 g/mol. The Morgan fingerprint density at radius 2 is 1.48 bits per heavy atom. The fourth-order valence-electron chi connectivity index (χ4n) is 2.85. The van der Waals surface area contributed by atoms with E-state index in [-0.39, 0.29) is 24.0 Å². The lowest BCUT2D eigenvalue weighted by Crippen LogP contribution is -2.50. The normalized spacial score (nSPS) is 14.5. The maximum Gasteiger partial charge on any atom is 0.241 e. The van der Waals surface area contributed by atoms with Gasteiger partial charge in [-0.1, -0.05) is 18.2 Å². The van der Waals surface area contributed by atoms with E-state index in [0.29, 0.717) is 31.9 Å². The molecule has 0 radical (unpaired) electrons. The quantitative estimate of drug-likeness (QED) is 0.922. The minimum Gasteiger partial charge on any atom is -0.371 e. The van der Waals surface area contributed by atoms with Gasteiger partial charge in [0.15, 0.2) is 0 Å². The molecule has 1 fully saturated rings. The van der Waals surface area contributed by atoms with Crippen molar-refractivity contribution in [2.45, 2.75) is 0 Å². The monoisotopic (exact) mass is 349 g/mol. The highest BCUT2D eigenvalue weighted by atomic mass is 19.1. The van der Waals surface area contributed by atoms with Crippen LogP contribution in [0.1, 0.15) is 0 Å². The van der Waals surface area contributed by atoms with Gasteiger partial charge in [0.05, 0.1) is 12.2 Å². The lowest BCUT2D eigenvalue weighted by molar-refractivity contribution is -0.129. The molecule has 0 aromatic heterocycles. The lowest BCUT2D eigenvalue weighted by Gasteiger charge is -2.36. The standard InChI is InChI=1S/C18H18F3N3O/c19-13-4-1-2-7-16(13)23-8-10-24(11-9-23)17(25)12-22-18-14(20)5-3-6-15(18)21/h1-7,22H,8-12H2. The van der Waals surface area contributed by atoms with E-state index in [1.54, 1.807) is 23.1 Å². The Morgan fingerprint density at radius 1 is 0.880 bits per heavy atom. The molecule has 0 atom stereocenters. The van der Waals surface area contributed by atoms with E-state index in [9.17, 15) is 18.0 Å². The van der Waals surface area contributed by atoms with Crippen LogP contribution in [0, 0.1) is 17.5 Å². The third kappa shape index (κ3) is 3.87. The van der Waals surface area contributed by atoms with Gasteiger partial charge >= 0.3 is 0 Å². The molecule has 0 spiro atoms. The van der Waals surface area contributed by atoms with Crippen molar-refractivity contribution < 1.29 is 18.0 Å². The summed E-state index contributed by atoms with van der Waals surface area (Å²) in [5.74, 6) is -2.02. The number of anilines is 2. The summed E-state index contributed by atoms with van der Waals surface area (Å²) in [6.07, 6.45) is 0. The van der Waals surface area contributed by atoms with Crippen LogP contribution in [-0.2, 0) is 4.79 Å². The molecule has 4 nitrogen and oxygen atoms in total. The van der Waals surface area contributed by atoms with Crippen LogP contribution in [0.5, 0.6) is 0 Å². The number of amides is 1. The topological polar surface area (TPSA) is 35.6 Å². The second-order valence-electron chi connectivity index (χ2n) is 5.77. The summed E-state index contributed by atoms with van der Waals surface area (Å²) in [5, 5.41) is 2.52. The molecular formula is C18H18F3N3O. The van der Waals surface area contributed by atoms with Crippen molar-refractivity contribution >= 4 is 17.3 Å². The number of hydrogen-bond acceptors (Lipinski definition) is 3. The van der Waals surface area contributed by atoms with E-state index in [4.69, 9.17) is 0 Å². The zero-order valence-corrected chi connectivity index (χ0v) is 13.5. The Kier molecular flexibility index (Phi) is 5.11. The molecule has 1 saturated heterocycles. The minimum atomic E-state index is -0.739. The molecule has 1 aliphatic heterocycles. The van der Waals surface area contributed by atoms with Gasteiger partial charge in [0, 0.05) is 26.2 Å². The van der Waals surface area contributed by atoms with Crippen LogP contribution in [-0.4, -0.2) is 43.5 Å². The highest BCUT2D eigenvalue weighted by Gasteiger charge is 2.22. The molecule has 1 N–H and O–H groups in total. The Hall–Kier alpha value is -2.70. The Morgan fingerprint density at radius 3 is 2.12 bits per heavy atom. The van der Waals surface area contributed by atoms with E-state index < -0.39 is 11.6 Å². The van der Waals surface area contributed by atoms with Crippen LogP contribution in [0.25, 0.3) is 0 Å². The van der Waals surface area contributed by atoms with Crippen molar-refractivity contribution in [1.29, 1.82) is 0 Å². The van der Waals surface area contributed by atoms with Crippen LogP contribution in [0.15, 0.2) is 42.5 Å². The minimum absolute atomic E-state index is 0.197. The highest BCUT2D eigenvalue weighted by molar-refractivity contribution is 5.81. The number of nitrogens with one attached hydrogen (secondary N) is 1. The summed E-state index contributed by atoms with van der Waals surface area (Å²) in [5.41, 5.74) is 0.210. The maximum atomic E-state index is 13.8. The first-order valence-corrected chi connectivity index (χ1v) is 8.01. The molecule has 0 bridgehead atoms. The summed E-state index contributed by atoms with van der Waals surface area (Å²) >= 11 is 0. The average Bonchev–Trinajstić information content (AvgIpc) is 2.62. The first-order chi connectivity index (χ1) is 12.1. The van der Waals surface area contributed by atoms with E-state index in [2.05, 4.69) is 5.32 Å². The van der Waals surface area contributed by atoms with E-state index in [0.717, 1.165) is 12.1 Å². The number of para-hydroxylation sites is 2. The van der Waals surface area contributed by atoms with Crippen LogP contribution >= 0.6 is 0 Å². The van der Waals surface area contributed by atoms with Crippen molar-refractivity contribution in [1.82, 2.24) is 4.90 Å². The Labute approximate surface area is 143 Å². The van der Waals surface area contributed by atoms with E-state index >= 15 is 0 Å². The number of nitrogens with zero attached hydrogens (tertiary/aromatic N) is 2. The van der Waals surface area contributed by atoms with Gasteiger partial charge in [-0.2, -0.15) is 0 Å². The zero-order chi connectivity index (χ0) is 17.8. The fourth-order valence-corrected chi connectivity index (χ4v) is 2.85. The molecule has 0 saturated carbocycles. The molecule has 1 amide bonds. The van der Waals surface area contributed by atoms with Crippen molar-refractivity contribution in [2.75, 3.05) is 42.9 Å². The van der Waals surface area contributed by atoms with Gasteiger partial charge < -0.3 is 15.1 Å². The number of rotatable bonds is 4. The molecular weight excluding hydrogens is 331 g/mol. The molecule has 0 aliphatic carbocycles. The highest BCUT2D eigenvalue weighted by Crippen LogP contribution is 2.21. The van der Waals surface area contributed by atoms with Crippen molar-refractivity contribution in [2.24, 2.45) is 0 Å². The summed E-state index contributed by atoms with van der Waals surface area (Å²) in [6, 6.07) is 10.0. The van der Waals surface area contributed by atoms with Gasteiger partial charge in [0.25, 0.3) is 0 Å². The first kappa shape index (κ1) is 17.1. The fraction of sp³-hybridized carbons (Fsp3) is 0.278. The van der Waals surface area contributed by atoms with Gasteiger partial charge in [-0.05, 0) is 24.3 Å². The van der Waals surface area contributed by atoms with E-state index in [1.165, 1.54) is 12.1 Å². The molecule has 1 aliphatic rings. The zero-order valence-electron chi connectivity index (χ0n) is 13.5. The smallest absolute Gasteiger partial charge is 0.241 e. The molecule has 25 heavy (non-hydrogen) atoms. The second kappa shape index (κ2) is 7.46. The summed E-state index contributed by atoms with van der Waals surface area (Å²) in [6.45, 7) is 1.65. The van der Waals surface area contributed by atoms with E-state index in [1.807, 2.05) is 4.90 Å². The lowest BCUT2D eigenvalue weighted by atomic mass is 10.2. The van der Waals surface area contributed by atoms with Crippen LogP contribution in [0.3, 0.4) is 0 Å². The maximum absolute atomic E-state index is 13.8. The van der Waals surface area contributed by atoms with Crippen molar-refractivity contribution in [3.8, 4) is 0 Å². The molecule has 3 rings (SSSR count). The molecule has 2 aromatic rings. The van der Waals surface area contributed by atoms with Crippen LogP contribution in [0.4, 0.5) is 24.5 Å². The van der Waals surface area contributed by atoms with Gasteiger partial charge in [-0.15, -0.1) is 0 Å². The third-order valence-corrected chi connectivity index (χ3v) is 4.20. The van der Waals surface area contributed by atoms with Gasteiger partial charge in [0.2, 0.25) is 5.91 Å². The number of carbonyl (C=O) groups excluding carboxylic acids is 1. The first-order valence-electron chi connectivity index (χ1n) is 8.01. The number of piperazine rings is 1. The molecule has 132 valence electrons. The summed E-state index contributed by atoms with van der Waals surface area (Å²) in [4.78, 5) is 15.7. The van der Waals surface area contributed by atoms with Gasteiger partial charge in [-0.3, -0.25) is 4.79 Å². The number of hydrogen-bond donors (Lipinski definition) is 1. The van der Waals surface area contributed by atoms with Crippen molar-refractivity contribution in [3.05, 3.63) is 59.9 Å². The van der Waals surface area contributed by atoms with Gasteiger partial charge in [-0.25, -0.2) is 13.2 Å². The predicted molar refractivity (Wildman–Crippen MR) is 90.0 cm³/mol. The number of benzene rings is 2. The molecule has 1 heterocycles. The van der Waals surface area contributed by atoms with Gasteiger partial charge in [0.1, 0.15) is 23.1 Å². The van der Waals surface area contributed by atoms with Crippen molar-refractivity contribution in [3.63, 3.8) is 0 Å². The second-order valence-corrected chi connectivity index (χ2v) is 5.77. The van der Waals surface area contributed by atoms with Crippen LogP contribution < -0.4 is 10.2 Å². The Bertz CT molecular complexity index is 741.